The van der Waals surface area contributed by atoms with Crippen LogP contribution in [0.15, 0.2) is 127 Å². The summed E-state index contributed by atoms with van der Waals surface area (Å²) in [7, 11) is -3.02. The normalized spacial score (nSPS) is 21.6. The van der Waals surface area contributed by atoms with Crippen molar-refractivity contribution in [1.29, 1.82) is 10.5 Å². The fraction of sp³-hybridized carbons (Fsp3) is 0.427. The van der Waals surface area contributed by atoms with Gasteiger partial charge in [-0.3, -0.25) is 29.1 Å². The zero-order valence-corrected chi connectivity index (χ0v) is 60.4. The van der Waals surface area contributed by atoms with E-state index in [0.717, 1.165) is 152 Å². The van der Waals surface area contributed by atoms with Crippen LogP contribution in [0, 0.1) is 43.4 Å². The Kier molecular flexibility index (Phi) is 20.6. The van der Waals surface area contributed by atoms with Gasteiger partial charge in [-0.15, -0.1) is 0 Å². The van der Waals surface area contributed by atoms with E-state index in [1.165, 1.54) is 56.9 Å². The number of hydrogen-bond acceptors (Lipinski definition) is 11. The van der Waals surface area contributed by atoms with Crippen LogP contribution in [0.1, 0.15) is 174 Å². The highest BCUT2D eigenvalue weighted by Gasteiger charge is 2.47. The van der Waals surface area contributed by atoms with E-state index in [9.17, 15) is 27.9 Å². The molecule has 18 heteroatoms. The van der Waals surface area contributed by atoms with Crippen molar-refractivity contribution < 1.29 is 27.9 Å². The minimum atomic E-state index is -3.02. The second-order valence-corrected chi connectivity index (χ2v) is 32.7. The SMILES string of the molecule is Cc1c(C(=O)CN2C3CCC2CC3)c2ccc(CCCC#N)cc2n1-c1ccc(Cl)cc1.Cc1c(C(=O)CN2C3CCC2CC3)c2ccc(CCS(=O)(=O)C3CC3)cc2n1-c1ccc(Cl)cc1.Cc1c(C(=O)CN2C3CCC2[C@@H](O)C3)c2ccc(CCCC#N)cc2n1-c1ccc(Cl)cc1. The highest BCUT2D eigenvalue weighted by Crippen LogP contribution is 2.43. The van der Waals surface area contributed by atoms with Crippen LogP contribution >= 0.6 is 34.8 Å². The molecule has 16 rings (SSSR count). The van der Waals surface area contributed by atoms with Crippen molar-refractivity contribution in [3.8, 4) is 29.2 Å². The van der Waals surface area contributed by atoms with Gasteiger partial charge in [-0.1, -0.05) is 71.2 Å². The molecule has 3 atom stereocenters. The van der Waals surface area contributed by atoms with Crippen LogP contribution in [0.2, 0.25) is 15.1 Å². The number of hydrogen-bond donors (Lipinski definition) is 1. The molecular weight excluding hydrogens is 1330 g/mol. The van der Waals surface area contributed by atoms with Gasteiger partial charge in [-0.25, -0.2) is 8.42 Å². The topological polar surface area (TPSA) is 178 Å². The van der Waals surface area contributed by atoms with Gasteiger partial charge in [0.15, 0.2) is 27.2 Å². The molecule has 1 N–H and O–H groups in total. The summed E-state index contributed by atoms with van der Waals surface area (Å²) in [5.41, 5.74) is 14.4. The fourth-order valence-electron chi connectivity index (χ4n) is 17.9. The molecule has 518 valence electrons. The second-order valence-electron chi connectivity index (χ2n) is 29.0. The van der Waals surface area contributed by atoms with E-state index in [0.29, 0.717) is 84.2 Å². The number of fused-ring (bicyclic) bond motifs is 9. The van der Waals surface area contributed by atoms with Crippen LogP contribution in [0.25, 0.3) is 49.8 Å². The highest BCUT2D eigenvalue weighted by atomic mass is 35.5. The number of aromatic nitrogens is 3. The zero-order chi connectivity index (χ0) is 69.7. The van der Waals surface area contributed by atoms with Crippen LogP contribution in [0.4, 0.5) is 0 Å². The third kappa shape index (κ3) is 14.0. The number of sulfone groups is 1. The smallest absolute Gasteiger partial charge is 0.179 e. The van der Waals surface area contributed by atoms with E-state index in [1.54, 1.807) is 0 Å². The maximum absolute atomic E-state index is 13.7. The third-order valence-corrected chi connectivity index (χ3v) is 26.0. The first-order valence-corrected chi connectivity index (χ1v) is 38.9. The number of aliphatic hydroxyl groups is 1. The molecule has 0 radical (unpaired) electrons. The Morgan fingerprint density at radius 2 is 0.780 bits per heavy atom. The van der Waals surface area contributed by atoms with Crippen molar-refractivity contribution in [3.05, 3.63) is 193 Å². The summed E-state index contributed by atoms with van der Waals surface area (Å²) < 4.78 is 31.4. The predicted molar refractivity (Wildman–Crippen MR) is 399 cm³/mol. The Labute approximate surface area is 601 Å². The monoisotopic (exact) mass is 1420 g/mol. The van der Waals surface area contributed by atoms with Crippen LogP contribution in [-0.2, 0) is 29.1 Å². The number of nitrogens with zero attached hydrogens (tertiary/aromatic N) is 8. The zero-order valence-electron chi connectivity index (χ0n) is 57.3. The van der Waals surface area contributed by atoms with Crippen molar-refractivity contribution in [1.82, 2.24) is 28.4 Å². The molecule has 14 nitrogen and oxygen atoms in total. The van der Waals surface area contributed by atoms with E-state index < -0.39 is 9.84 Å². The molecule has 7 fully saturated rings. The number of benzene rings is 6. The largest absolute Gasteiger partial charge is 0.391 e. The van der Waals surface area contributed by atoms with Crippen molar-refractivity contribution in [2.45, 2.75) is 197 Å². The Morgan fingerprint density at radius 1 is 0.450 bits per heavy atom. The summed E-state index contributed by atoms with van der Waals surface area (Å²) in [6.07, 6.45) is 18.7. The summed E-state index contributed by atoms with van der Waals surface area (Å²) >= 11 is 18.4. The lowest BCUT2D eigenvalue weighted by Crippen LogP contribution is -2.36. The number of ketones is 3. The van der Waals surface area contributed by atoms with Crippen LogP contribution < -0.4 is 0 Å². The summed E-state index contributed by atoms with van der Waals surface area (Å²) in [6.45, 7) is 7.39. The molecule has 100 heavy (non-hydrogen) atoms. The molecule has 3 aromatic heterocycles. The van der Waals surface area contributed by atoms with Crippen molar-refractivity contribution in [3.63, 3.8) is 0 Å². The van der Waals surface area contributed by atoms with Crippen molar-refractivity contribution in [2.24, 2.45) is 0 Å². The number of unbranched alkanes of at least 4 members (excludes halogenated alkanes) is 2. The number of nitriles is 2. The molecule has 1 saturated carbocycles. The number of rotatable bonds is 22. The molecule has 6 saturated heterocycles. The van der Waals surface area contributed by atoms with Crippen molar-refractivity contribution in [2.75, 3.05) is 25.4 Å². The maximum Gasteiger partial charge on any atom is 0.179 e. The first-order chi connectivity index (χ1) is 48.4. The third-order valence-electron chi connectivity index (χ3n) is 23.0. The van der Waals surface area contributed by atoms with E-state index in [4.69, 9.17) is 45.3 Å². The fourth-order valence-corrected chi connectivity index (χ4v) is 20.0. The van der Waals surface area contributed by atoms with Gasteiger partial charge in [0.05, 0.1) is 65.4 Å². The van der Waals surface area contributed by atoms with Gasteiger partial charge >= 0.3 is 0 Å². The standard InChI is InChI=1S/C28H31ClN2O3S.C27H28ClN3O2.C27H28ClN3O/c1-18-28(27(32)17-30-21-7-8-22(30)10-9-21)25-13-2-19(14-15-35(33,34)24-11-12-24)16-26(25)31(18)23-5-3-20(29)4-6-23;1-17-27(26(33)16-30-21-10-12-23(30)25(32)15-21)22-11-5-18(4-2-3-13-29)14-24(22)31(17)20-8-6-19(28)7-9-20;1-18-27(26(32)17-30-21-10-11-22(30)13-12-21)24-14-5-19(4-2-3-15-29)16-25(24)31(18)23-8-6-20(28)7-9-23/h2-6,13,16,21-22,24H,7-12,14-15,17H2,1H3;5-9,11,14,21,23,25,32H,2-4,10,12,15-16H2,1H3;5-9,14,16,21-22H,2-4,10-13,17H2,1H3/t;21?,23?,25-;/m.0./s1. The average Bonchev–Trinajstić information content (AvgIpc) is 1.61. The molecule has 9 aromatic rings. The van der Waals surface area contributed by atoms with Gasteiger partial charge in [-0.05, 0) is 244 Å². The molecule has 0 amide bonds. The van der Waals surface area contributed by atoms with Crippen LogP contribution in [0.3, 0.4) is 0 Å². The van der Waals surface area contributed by atoms with E-state index >= 15 is 0 Å². The minimum absolute atomic E-state index is 0.105. The van der Waals surface area contributed by atoms with Gasteiger partial charge in [0.2, 0.25) is 0 Å². The number of aryl methyl sites for hydroxylation is 3. The number of carbonyl (C=O) groups excluding carboxylic acids is 3. The molecule has 2 unspecified atom stereocenters. The molecule has 6 aliphatic heterocycles. The van der Waals surface area contributed by atoms with Crippen LogP contribution in [-0.4, -0.2) is 132 Å². The van der Waals surface area contributed by atoms with Gasteiger partial charge in [0.25, 0.3) is 0 Å². The Balaban J connectivity index is 0.000000128. The number of aliphatic hydroxyl groups excluding tert-OH is 1. The lowest BCUT2D eigenvalue weighted by atomic mass is 9.98. The summed E-state index contributed by atoms with van der Waals surface area (Å²) in [5.74, 6) is 0.667. The summed E-state index contributed by atoms with van der Waals surface area (Å²) in [6, 6.07) is 49.0. The first-order valence-electron chi connectivity index (χ1n) is 36.1. The molecule has 0 spiro atoms. The maximum atomic E-state index is 13.7. The molecule has 9 heterocycles. The van der Waals surface area contributed by atoms with Gasteiger partial charge in [0.1, 0.15) is 0 Å². The van der Waals surface area contributed by atoms with E-state index in [2.05, 4.69) is 89.9 Å². The molecule has 6 bridgehead atoms. The van der Waals surface area contributed by atoms with Gasteiger partial charge in [0, 0.05) is 131 Å². The molecular formula is C82H87Cl3N8O6S. The Bertz CT molecular complexity index is 4770. The number of Topliss-reactive ketones (excluding diaryl/α,β-unsaturated/α-hetero) is 3. The quantitative estimate of drug-likeness (QED) is 0.0504. The highest BCUT2D eigenvalue weighted by molar-refractivity contribution is 7.92. The van der Waals surface area contributed by atoms with Gasteiger partial charge < -0.3 is 18.8 Å². The van der Waals surface area contributed by atoms with Gasteiger partial charge in [-0.2, -0.15) is 10.5 Å². The summed E-state index contributed by atoms with van der Waals surface area (Å²) in [5, 5.41) is 32.9. The summed E-state index contributed by atoms with van der Waals surface area (Å²) in [4.78, 5) is 48.1. The Morgan fingerprint density at radius 3 is 1.09 bits per heavy atom. The van der Waals surface area contributed by atoms with Crippen LogP contribution in [0.5, 0.6) is 0 Å². The second kappa shape index (κ2) is 29.5. The number of halogens is 3. The lowest BCUT2D eigenvalue weighted by Gasteiger charge is -2.21. The van der Waals surface area contributed by atoms with Crippen molar-refractivity contribution >= 4 is 94.7 Å². The van der Waals surface area contributed by atoms with E-state index in [1.807, 2.05) is 98.8 Å². The molecule has 6 aromatic carbocycles. The minimum Gasteiger partial charge on any atom is -0.391 e. The Hall–Kier alpha value is -7.41. The number of carbonyl (C=O) groups is 3. The average molecular weight is 1420 g/mol. The molecule has 7 aliphatic rings. The lowest BCUT2D eigenvalue weighted by molar-refractivity contribution is 0.0872. The van der Waals surface area contributed by atoms with E-state index in [-0.39, 0.29) is 40.5 Å². The first kappa shape index (κ1) is 69.7. The molecule has 1 aliphatic carbocycles. The predicted octanol–water partition coefficient (Wildman–Crippen LogP) is 17.0.